The van der Waals surface area contributed by atoms with Crippen molar-refractivity contribution in [3.05, 3.63) is 88.1 Å². The van der Waals surface area contributed by atoms with Crippen LogP contribution in [0.15, 0.2) is 77.0 Å². The van der Waals surface area contributed by atoms with Gasteiger partial charge in [-0.15, -0.1) is 11.3 Å². The Labute approximate surface area is 162 Å². The molecule has 0 aliphatic rings. The molecule has 0 radical (unpaired) electrons. The van der Waals surface area contributed by atoms with Crippen molar-refractivity contribution in [1.29, 1.82) is 0 Å². The standard InChI is InChI=1S/C20H19NO4S2/c1-2-25-20(22)16-10-12-17(13-11-16)27(23,24)21-19(18-9-6-14-26-18)15-7-4-3-5-8-15/h3-14,19,21H,2H2,1H3/t19-/m1/s1. The van der Waals surface area contributed by atoms with E-state index in [4.69, 9.17) is 4.74 Å². The molecule has 0 fully saturated rings. The average molecular weight is 402 g/mol. The summed E-state index contributed by atoms with van der Waals surface area (Å²) in [5.41, 5.74) is 1.17. The quantitative estimate of drug-likeness (QED) is 0.608. The van der Waals surface area contributed by atoms with Crippen LogP contribution in [-0.4, -0.2) is 21.0 Å². The Morgan fingerprint density at radius 1 is 1.04 bits per heavy atom. The lowest BCUT2D eigenvalue weighted by Crippen LogP contribution is -2.29. The molecular formula is C20H19NO4S2. The fraction of sp³-hybridized carbons (Fsp3) is 0.150. The summed E-state index contributed by atoms with van der Waals surface area (Å²) in [6, 6.07) is 18.4. The zero-order valence-corrected chi connectivity index (χ0v) is 16.3. The highest BCUT2D eigenvalue weighted by atomic mass is 32.2. The fourth-order valence-corrected chi connectivity index (χ4v) is 4.68. The van der Waals surface area contributed by atoms with Gasteiger partial charge in [0.15, 0.2) is 0 Å². The van der Waals surface area contributed by atoms with Gasteiger partial charge >= 0.3 is 5.97 Å². The predicted molar refractivity (Wildman–Crippen MR) is 105 cm³/mol. The minimum Gasteiger partial charge on any atom is -0.462 e. The molecule has 140 valence electrons. The van der Waals surface area contributed by atoms with E-state index in [0.29, 0.717) is 5.56 Å². The summed E-state index contributed by atoms with van der Waals surface area (Å²) in [5, 5.41) is 1.91. The summed E-state index contributed by atoms with van der Waals surface area (Å²) in [7, 11) is -3.78. The van der Waals surface area contributed by atoms with Gasteiger partial charge in [-0.2, -0.15) is 4.72 Å². The van der Waals surface area contributed by atoms with Crippen LogP contribution in [0.2, 0.25) is 0 Å². The summed E-state index contributed by atoms with van der Waals surface area (Å²) in [6.45, 7) is 1.98. The van der Waals surface area contributed by atoms with Crippen molar-refractivity contribution in [3.8, 4) is 0 Å². The lowest BCUT2D eigenvalue weighted by molar-refractivity contribution is 0.0526. The SMILES string of the molecule is CCOC(=O)c1ccc(S(=O)(=O)N[C@H](c2ccccc2)c2cccs2)cc1. The number of hydrogen-bond acceptors (Lipinski definition) is 5. The second kappa shape index (κ2) is 8.47. The molecule has 27 heavy (non-hydrogen) atoms. The number of carbonyl (C=O) groups excluding carboxylic acids is 1. The maximum Gasteiger partial charge on any atom is 0.338 e. The van der Waals surface area contributed by atoms with Gasteiger partial charge in [0.05, 0.1) is 23.1 Å². The Balaban J connectivity index is 1.88. The number of rotatable bonds is 7. The monoisotopic (exact) mass is 401 g/mol. The molecule has 3 aromatic rings. The number of thiophene rings is 1. The molecule has 0 bridgehead atoms. The van der Waals surface area contributed by atoms with Gasteiger partial charge in [-0.3, -0.25) is 0 Å². The third-order valence-electron chi connectivity index (χ3n) is 3.91. The Hall–Kier alpha value is -2.48. The molecule has 0 spiro atoms. The molecule has 2 aromatic carbocycles. The van der Waals surface area contributed by atoms with Crippen molar-refractivity contribution in [2.75, 3.05) is 6.61 Å². The van der Waals surface area contributed by atoms with Crippen molar-refractivity contribution in [1.82, 2.24) is 4.72 Å². The van der Waals surface area contributed by atoms with Crippen molar-refractivity contribution < 1.29 is 17.9 Å². The van der Waals surface area contributed by atoms with Gasteiger partial charge in [-0.1, -0.05) is 36.4 Å². The zero-order valence-electron chi connectivity index (χ0n) is 14.7. The first-order valence-corrected chi connectivity index (χ1v) is 10.8. The van der Waals surface area contributed by atoms with Crippen LogP contribution < -0.4 is 4.72 Å². The summed E-state index contributed by atoms with van der Waals surface area (Å²) >= 11 is 1.49. The normalized spacial score (nSPS) is 12.5. The second-order valence-electron chi connectivity index (χ2n) is 5.73. The van der Waals surface area contributed by atoms with Crippen molar-refractivity contribution >= 4 is 27.3 Å². The number of sulfonamides is 1. The molecule has 7 heteroatoms. The molecule has 1 N–H and O–H groups in total. The van der Waals surface area contributed by atoms with E-state index in [1.807, 2.05) is 47.8 Å². The van der Waals surface area contributed by atoms with Crippen LogP contribution in [0.3, 0.4) is 0 Å². The molecule has 0 aliphatic carbocycles. The largest absolute Gasteiger partial charge is 0.462 e. The Bertz CT molecular complexity index is 982. The highest BCUT2D eigenvalue weighted by Crippen LogP contribution is 2.28. The molecule has 3 rings (SSSR count). The summed E-state index contributed by atoms with van der Waals surface area (Å²) in [6.07, 6.45) is 0. The molecule has 0 aliphatic heterocycles. The minimum atomic E-state index is -3.78. The van der Waals surface area contributed by atoms with Crippen LogP contribution in [0, 0.1) is 0 Å². The number of nitrogens with one attached hydrogen (secondary N) is 1. The smallest absolute Gasteiger partial charge is 0.338 e. The van der Waals surface area contributed by atoms with Gasteiger partial charge in [0, 0.05) is 4.88 Å². The van der Waals surface area contributed by atoms with Crippen molar-refractivity contribution in [2.24, 2.45) is 0 Å². The fourth-order valence-electron chi connectivity index (χ4n) is 2.60. The van der Waals surface area contributed by atoms with Gasteiger partial charge in [0.1, 0.15) is 0 Å². The van der Waals surface area contributed by atoms with Gasteiger partial charge in [-0.25, -0.2) is 13.2 Å². The highest BCUT2D eigenvalue weighted by molar-refractivity contribution is 7.89. The lowest BCUT2D eigenvalue weighted by Gasteiger charge is -2.18. The van der Waals surface area contributed by atoms with Gasteiger partial charge in [0.2, 0.25) is 10.0 Å². The predicted octanol–water partition coefficient (Wildman–Crippen LogP) is 3.99. The minimum absolute atomic E-state index is 0.0908. The number of ether oxygens (including phenoxy) is 1. The van der Waals surface area contributed by atoms with Crippen LogP contribution in [0.1, 0.15) is 33.8 Å². The molecule has 5 nitrogen and oxygen atoms in total. The van der Waals surface area contributed by atoms with Gasteiger partial charge in [-0.05, 0) is 48.2 Å². The van der Waals surface area contributed by atoms with Crippen molar-refractivity contribution in [3.63, 3.8) is 0 Å². The summed E-state index contributed by atoms with van der Waals surface area (Å²) in [5.74, 6) is -0.477. The highest BCUT2D eigenvalue weighted by Gasteiger charge is 2.24. The number of carbonyl (C=O) groups is 1. The van der Waals surface area contributed by atoms with E-state index < -0.39 is 22.0 Å². The Morgan fingerprint density at radius 2 is 1.74 bits per heavy atom. The van der Waals surface area contributed by atoms with Crippen LogP contribution in [0.5, 0.6) is 0 Å². The number of esters is 1. The molecule has 0 unspecified atom stereocenters. The maximum atomic E-state index is 12.9. The van der Waals surface area contributed by atoms with E-state index in [-0.39, 0.29) is 11.5 Å². The van der Waals surface area contributed by atoms with Crippen LogP contribution in [0.25, 0.3) is 0 Å². The third-order valence-corrected chi connectivity index (χ3v) is 6.29. The number of hydrogen-bond donors (Lipinski definition) is 1. The first kappa shape index (κ1) is 19.3. The van der Waals surface area contributed by atoms with Crippen LogP contribution in [0.4, 0.5) is 0 Å². The molecule has 1 aromatic heterocycles. The second-order valence-corrected chi connectivity index (χ2v) is 8.42. The average Bonchev–Trinajstić information content (AvgIpc) is 3.22. The van der Waals surface area contributed by atoms with Crippen molar-refractivity contribution in [2.45, 2.75) is 17.9 Å². The number of benzene rings is 2. The van der Waals surface area contributed by atoms with Gasteiger partial charge < -0.3 is 4.74 Å². The van der Waals surface area contributed by atoms with E-state index in [1.54, 1.807) is 6.92 Å². The van der Waals surface area contributed by atoms with Crippen LogP contribution >= 0.6 is 11.3 Å². The van der Waals surface area contributed by atoms with E-state index in [0.717, 1.165) is 10.4 Å². The summed E-state index contributed by atoms with van der Waals surface area (Å²) < 4.78 is 33.5. The molecule has 0 saturated carbocycles. The Morgan fingerprint density at radius 3 is 2.33 bits per heavy atom. The Kier molecular flexibility index (Phi) is 6.05. The summed E-state index contributed by atoms with van der Waals surface area (Å²) in [4.78, 5) is 12.7. The molecule has 0 amide bonds. The topological polar surface area (TPSA) is 72.5 Å². The first-order valence-electron chi connectivity index (χ1n) is 8.39. The van der Waals surface area contributed by atoms with E-state index in [9.17, 15) is 13.2 Å². The van der Waals surface area contributed by atoms with E-state index in [2.05, 4.69) is 4.72 Å². The molecule has 0 saturated heterocycles. The van der Waals surface area contributed by atoms with Crippen LogP contribution in [-0.2, 0) is 14.8 Å². The van der Waals surface area contributed by atoms with Gasteiger partial charge in [0.25, 0.3) is 0 Å². The third kappa shape index (κ3) is 4.63. The zero-order chi connectivity index (χ0) is 19.3. The molecule has 1 atom stereocenters. The van der Waals surface area contributed by atoms with E-state index >= 15 is 0 Å². The maximum absolute atomic E-state index is 12.9. The molecule has 1 heterocycles. The van der Waals surface area contributed by atoms with E-state index in [1.165, 1.54) is 35.6 Å². The first-order chi connectivity index (χ1) is 13.0. The molecular weight excluding hydrogens is 382 g/mol. The lowest BCUT2D eigenvalue weighted by atomic mass is 10.1.